The van der Waals surface area contributed by atoms with Crippen LogP contribution < -0.4 is 4.74 Å². The van der Waals surface area contributed by atoms with E-state index in [1.54, 1.807) is 12.3 Å². The second kappa shape index (κ2) is 6.07. The zero-order chi connectivity index (χ0) is 14.0. The Kier molecular flexibility index (Phi) is 4.66. The molecule has 0 saturated carbocycles. The number of pyridine rings is 1. The van der Waals surface area contributed by atoms with Crippen LogP contribution in [0.15, 0.2) is 28.9 Å². The van der Waals surface area contributed by atoms with Gasteiger partial charge in [0.2, 0.25) is 0 Å². The van der Waals surface area contributed by atoms with Gasteiger partial charge in [0.05, 0.1) is 15.4 Å². The van der Waals surface area contributed by atoms with Crippen LogP contribution in [0.4, 0.5) is 4.39 Å². The summed E-state index contributed by atoms with van der Waals surface area (Å²) in [5.41, 5.74) is 1.49. The molecule has 100 valence electrons. The molecule has 6 heteroatoms. The Labute approximate surface area is 128 Å². The number of benzene rings is 1. The van der Waals surface area contributed by atoms with Crippen molar-refractivity contribution in [3.63, 3.8) is 0 Å². The molecule has 1 heterocycles. The maximum Gasteiger partial charge on any atom is 0.149 e. The molecule has 0 aliphatic rings. The van der Waals surface area contributed by atoms with Gasteiger partial charge in [0.15, 0.2) is 0 Å². The molecule has 19 heavy (non-hydrogen) atoms. The minimum Gasteiger partial charge on any atom is -0.455 e. The van der Waals surface area contributed by atoms with Gasteiger partial charge in [-0.25, -0.2) is 4.39 Å². The summed E-state index contributed by atoms with van der Waals surface area (Å²) in [5, 5.41) is 0.309. The minimum absolute atomic E-state index is 0.235. The van der Waals surface area contributed by atoms with E-state index >= 15 is 0 Å². The summed E-state index contributed by atoms with van der Waals surface area (Å²) in [6, 6.07) is 4.40. The summed E-state index contributed by atoms with van der Waals surface area (Å²) in [5.74, 6) is 0.558. The molecular weight excluding hydrogens is 356 g/mol. The fourth-order valence-corrected chi connectivity index (χ4v) is 2.34. The average molecular weight is 365 g/mol. The molecular formula is C13H9BrCl2FNO. The first-order valence-corrected chi connectivity index (χ1v) is 7.05. The van der Waals surface area contributed by atoms with Crippen molar-refractivity contribution in [3.8, 4) is 11.5 Å². The number of hydrogen-bond acceptors (Lipinski definition) is 2. The molecule has 0 aliphatic heterocycles. The van der Waals surface area contributed by atoms with Crippen molar-refractivity contribution in [3.05, 3.63) is 51.0 Å². The van der Waals surface area contributed by atoms with Gasteiger partial charge in [0.25, 0.3) is 0 Å². The SMILES string of the molecule is Cc1cc(Oc2cc(F)c(Br)cc2Cl)c(CCl)cn1. The average Bonchev–Trinajstić information content (AvgIpc) is 2.36. The Hall–Kier alpha value is -0.840. The third-order valence-corrected chi connectivity index (χ3v) is 3.61. The first-order valence-electron chi connectivity index (χ1n) is 5.35. The molecule has 0 unspecified atom stereocenters. The number of hydrogen-bond donors (Lipinski definition) is 0. The van der Waals surface area contributed by atoms with Crippen molar-refractivity contribution in [2.24, 2.45) is 0 Å². The molecule has 0 amide bonds. The highest BCUT2D eigenvalue weighted by molar-refractivity contribution is 9.10. The summed E-state index contributed by atoms with van der Waals surface area (Å²) in [6.45, 7) is 1.83. The van der Waals surface area contributed by atoms with Crippen LogP contribution in [-0.2, 0) is 5.88 Å². The van der Waals surface area contributed by atoms with E-state index in [0.717, 1.165) is 5.69 Å². The lowest BCUT2D eigenvalue weighted by molar-refractivity contribution is 0.471. The highest BCUT2D eigenvalue weighted by Crippen LogP contribution is 2.35. The molecule has 0 radical (unpaired) electrons. The maximum atomic E-state index is 13.5. The molecule has 1 aromatic heterocycles. The molecule has 0 spiro atoms. The van der Waals surface area contributed by atoms with E-state index in [2.05, 4.69) is 20.9 Å². The van der Waals surface area contributed by atoms with Gasteiger partial charge in [-0.3, -0.25) is 4.98 Å². The zero-order valence-electron chi connectivity index (χ0n) is 9.88. The third kappa shape index (κ3) is 3.38. The van der Waals surface area contributed by atoms with Crippen LogP contribution in [-0.4, -0.2) is 4.98 Å². The Morgan fingerprint density at radius 3 is 2.74 bits per heavy atom. The number of aromatic nitrogens is 1. The fraction of sp³-hybridized carbons (Fsp3) is 0.154. The van der Waals surface area contributed by atoms with E-state index in [-0.39, 0.29) is 16.1 Å². The van der Waals surface area contributed by atoms with Crippen molar-refractivity contribution in [2.75, 3.05) is 0 Å². The van der Waals surface area contributed by atoms with Crippen molar-refractivity contribution >= 4 is 39.1 Å². The number of aryl methyl sites for hydroxylation is 1. The summed E-state index contributed by atoms with van der Waals surface area (Å²) < 4.78 is 19.4. The van der Waals surface area contributed by atoms with E-state index in [1.165, 1.54) is 12.1 Å². The van der Waals surface area contributed by atoms with Crippen molar-refractivity contribution in [1.29, 1.82) is 0 Å². The quantitative estimate of drug-likeness (QED) is 0.531. The number of halogens is 4. The van der Waals surface area contributed by atoms with Crippen molar-refractivity contribution in [2.45, 2.75) is 12.8 Å². The van der Waals surface area contributed by atoms with E-state index in [4.69, 9.17) is 27.9 Å². The van der Waals surface area contributed by atoms with Gasteiger partial charge in [-0.05, 0) is 28.9 Å². The largest absolute Gasteiger partial charge is 0.455 e. The molecule has 0 N–H and O–H groups in total. The van der Waals surface area contributed by atoms with Gasteiger partial charge in [-0.2, -0.15) is 0 Å². The molecule has 1 aromatic carbocycles. The predicted molar refractivity (Wildman–Crippen MR) is 77.7 cm³/mol. The Bertz CT molecular complexity index is 622. The zero-order valence-corrected chi connectivity index (χ0v) is 13.0. The number of rotatable bonds is 3. The molecule has 0 saturated heterocycles. The molecule has 2 nitrogen and oxygen atoms in total. The van der Waals surface area contributed by atoms with Gasteiger partial charge >= 0.3 is 0 Å². The van der Waals surface area contributed by atoms with Gasteiger partial charge in [-0.15, -0.1) is 11.6 Å². The molecule has 0 bridgehead atoms. The van der Waals surface area contributed by atoms with E-state index in [1.807, 2.05) is 6.92 Å². The highest BCUT2D eigenvalue weighted by Gasteiger charge is 2.11. The monoisotopic (exact) mass is 363 g/mol. The number of ether oxygens (including phenoxy) is 1. The topological polar surface area (TPSA) is 22.1 Å². The second-order valence-electron chi connectivity index (χ2n) is 3.87. The first kappa shape index (κ1) is 14.6. The fourth-order valence-electron chi connectivity index (χ4n) is 1.46. The van der Waals surface area contributed by atoms with Crippen molar-refractivity contribution in [1.82, 2.24) is 4.98 Å². The summed E-state index contributed by atoms with van der Waals surface area (Å²) in [7, 11) is 0. The molecule has 2 rings (SSSR count). The Balaban J connectivity index is 2.41. The van der Waals surface area contributed by atoms with Crippen LogP contribution in [0.3, 0.4) is 0 Å². The lowest BCUT2D eigenvalue weighted by atomic mass is 10.2. The summed E-state index contributed by atoms with van der Waals surface area (Å²) >= 11 is 14.9. The molecule has 0 aliphatic carbocycles. The standard InChI is InChI=1S/C13H9BrCl2FNO/c1-7-2-12(8(5-15)6-18-7)19-13-4-11(17)9(14)3-10(13)16/h2-4,6H,5H2,1H3. The number of nitrogens with zero attached hydrogens (tertiary/aromatic N) is 1. The maximum absolute atomic E-state index is 13.5. The second-order valence-corrected chi connectivity index (χ2v) is 5.39. The van der Waals surface area contributed by atoms with E-state index < -0.39 is 5.82 Å². The van der Waals surface area contributed by atoms with Gasteiger partial charge in [0, 0.05) is 29.6 Å². The third-order valence-electron chi connectivity index (χ3n) is 2.42. The minimum atomic E-state index is -0.447. The summed E-state index contributed by atoms with van der Waals surface area (Å²) in [4.78, 5) is 4.13. The van der Waals surface area contributed by atoms with Crippen LogP contribution in [0.5, 0.6) is 11.5 Å². The van der Waals surface area contributed by atoms with Crippen LogP contribution in [0.25, 0.3) is 0 Å². The first-order chi connectivity index (χ1) is 9.01. The lowest BCUT2D eigenvalue weighted by Crippen LogP contribution is -1.94. The molecule has 0 fully saturated rings. The Morgan fingerprint density at radius 2 is 2.05 bits per heavy atom. The number of alkyl halides is 1. The van der Waals surface area contributed by atoms with Gasteiger partial charge in [0.1, 0.15) is 17.3 Å². The van der Waals surface area contributed by atoms with Gasteiger partial charge < -0.3 is 4.74 Å². The smallest absolute Gasteiger partial charge is 0.149 e. The van der Waals surface area contributed by atoms with Gasteiger partial charge in [-0.1, -0.05) is 11.6 Å². The van der Waals surface area contributed by atoms with Crippen LogP contribution in [0.2, 0.25) is 5.02 Å². The Morgan fingerprint density at radius 1 is 1.32 bits per heavy atom. The summed E-state index contributed by atoms with van der Waals surface area (Å²) in [6.07, 6.45) is 1.63. The van der Waals surface area contributed by atoms with Crippen LogP contribution in [0.1, 0.15) is 11.3 Å². The van der Waals surface area contributed by atoms with Crippen LogP contribution in [0, 0.1) is 12.7 Å². The highest BCUT2D eigenvalue weighted by atomic mass is 79.9. The van der Waals surface area contributed by atoms with Crippen molar-refractivity contribution < 1.29 is 9.13 Å². The normalized spacial score (nSPS) is 10.6. The molecule has 0 atom stereocenters. The van der Waals surface area contributed by atoms with E-state index in [0.29, 0.717) is 16.3 Å². The lowest BCUT2D eigenvalue weighted by Gasteiger charge is -2.12. The molecule has 2 aromatic rings. The van der Waals surface area contributed by atoms with Crippen LogP contribution >= 0.6 is 39.1 Å². The van der Waals surface area contributed by atoms with E-state index in [9.17, 15) is 4.39 Å². The predicted octanol–water partition coefficient (Wildman–Crippen LogP) is 5.48.